The van der Waals surface area contributed by atoms with E-state index in [0.717, 1.165) is 12.1 Å². The van der Waals surface area contributed by atoms with Crippen molar-refractivity contribution >= 4 is 5.78 Å². The van der Waals surface area contributed by atoms with Gasteiger partial charge in [0.05, 0.1) is 0 Å². The first-order chi connectivity index (χ1) is 8.02. The normalized spacial score (nSPS) is 12.5. The van der Waals surface area contributed by atoms with Gasteiger partial charge in [0, 0.05) is 32.6 Å². The molecule has 17 heavy (non-hydrogen) atoms. The number of Topliss-reactive ketones (excluding diaryl/α,β-unsaturated/α-hetero) is 1. The van der Waals surface area contributed by atoms with Gasteiger partial charge in [-0.2, -0.15) is 0 Å². The number of hydrogen-bond acceptors (Lipinski definition) is 2. The minimum Gasteiger partial charge on any atom is -0.384 e. The predicted molar refractivity (Wildman–Crippen MR) is 60.7 cm³/mol. The average molecular weight is 242 g/mol. The van der Waals surface area contributed by atoms with Crippen LogP contribution in [0.5, 0.6) is 0 Å². The maximum atomic E-state index is 13.3. The molecule has 2 nitrogen and oxygen atoms in total. The highest BCUT2D eigenvalue weighted by atomic mass is 19.1. The zero-order valence-electron chi connectivity index (χ0n) is 10.0. The van der Waals surface area contributed by atoms with E-state index in [9.17, 15) is 13.6 Å². The molecule has 0 spiro atoms. The topological polar surface area (TPSA) is 26.3 Å². The fourth-order valence-electron chi connectivity index (χ4n) is 1.68. The van der Waals surface area contributed by atoms with E-state index in [0.29, 0.717) is 13.0 Å². The highest BCUT2D eigenvalue weighted by Gasteiger charge is 2.12. The fraction of sp³-hybridized carbons (Fsp3) is 0.462. The summed E-state index contributed by atoms with van der Waals surface area (Å²) in [6, 6.07) is 3.26. The molecule has 0 aromatic heterocycles. The Balaban J connectivity index is 2.56. The summed E-state index contributed by atoms with van der Waals surface area (Å²) >= 11 is 0. The van der Waals surface area contributed by atoms with Crippen molar-refractivity contribution in [1.82, 2.24) is 0 Å². The lowest BCUT2D eigenvalue weighted by molar-refractivity contribution is -0.119. The Labute approximate surface area is 99.6 Å². The van der Waals surface area contributed by atoms with Crippen molar-refractivity contribution in [2.75, 3.05) is 13.7 Å². The van der Waals surface area contributed by atoms with Gasteiger partial charge in [0.25, 0.3) is 0 Å². The van der Waals surface area contributed by atoms with Crippen molar-refractivity contribution in [3.8, 4) is 0 Å². The fourth-order valence-corrected chi connectivity index (χ4v) is 1.68. The Kier molecular flexibility index (Phi) is 5.22. The van der Waals surface area contributed by atoms with Gasteiger partial charge in [-0.15, -0.1) is 0 Å². The highest BCUT2D eigenvalue weighted by Crippen LogP contribution is 2.13. The first-order valence-corrected chi connectivity index (χ1v) is 5.47. The second kappa shape index (κ2) is 6.45. The largest absolute Gasteiger partial charge is 0.384 e. The zero-order valence-corrected chi connectivity index (χ0v) is 10.0. The lowest BCUT2D eigenvalue weighted by Crippen LogP contribution is -2.13. The molecule has 1 aromatic carbocycles. The summed E-state index contributed by atoms with van der Waals surface area (Å²) in [7, 11) is 1.57. The van der Waals surface area contributed by atoms with Crippen LogP contribution < -0.4 is 0 Å². The summed E-state index contributed by atoms with van der Waals surface area (Å²) in [5, 5.41) is 0. The van der Waals surface area contributed by atoms with Crippen LogP contribution in [0.4, 0.5) is 8.78 Å². The highest BCUT2D eigenvalue weighted by molar-refractivity contribution is 5.81. The van der Waals surface area contributed by atoms with E-state index in [4.69, 9.17) is 4.74 Å². The first kappa shape index (κ1) is 13.8. The van der Waals surface area contributed by atoms with Crippen molar-refractivity contribution in [2.24, 2.45) is 5.92 Å². The van der Waals surface area contributed by atoms with Crippen LogP contribution in [-0.2, 0) is 16.0 Å². The van der Waals surface area contributed by atoms with Crippen molar-refractivity contribution in [3.05, 3.63) is 35.4 Å². The summed E-state index contributed by atoms with van der Waals surface area (Å²) < 4.78 is 30.9. The van der Waals surface area contributed by atoms with Gasteiger partial charge < -0.3 is 4.74 Å². The van der Waals surface area contributed by atoms with Crippen LogP contribution in [0.15, 0.2) is 18.2 Å². The second-order valence-electron chi connectivity index (χ2n) is 4.22. The molecule has 0 saturated heterocycles. The van der Waals surface area contributed by atoms with E-state index in [1.54, 1.807) is 7.11 Å². The van der Waals surface area contributed by atoms with E-state index < -0.39 is 11.6 Å². The number of benzene rings is 1. The molecule has 1 unspecified atom stereocenters. The third-order valence-electron chi connectivity index (χ3n) is 2.43. The molecule has 4 heteroatoms. The van der Waals surface area contributed by atoms with Crippen LogP contribution in [-0.4, -0.2) is 19.5 Å². The third kappa shape index (κ3) is 4.61. The predicted octanol–water partition coefficient (Wildman–Crippen LogP) is 2.75. The summed E-state index contributed by atoms with van der Waals surface area (Å²) in [5.74, 6) is -1.26. The molecule has 0 bridgehead atoms. The first-order valence-electron chi connectivity index (χ1n) is 5.47. The maximum absolute atomic E-state index is 13.3. The molecule has 0 aliphatic rings. The molecule has 0 aliphatic heterocycles. The molecule has 1 aromatic rings. The number of hydrogen-bond donors (Lipinski definition) is 0. The van der Waals surface area contributed by atoms with Crippen LogP contribution in [0.1, 0.15) is 18.9 Å². The zero-order chi connectivity index (χ0) is 12.8. The quantitative estimate of drug-likeness (QED) is 0.766. The Hall–Kier alpha value is -1.29. The summed E-state index contributed by atoms with van der Waals surface area (Å²) in [6.45, 7) is 2.39. The second-order valence-corrected chi connectivity index (χ2v) is 4.22. The molecule has 94 valence electrons. The molecule has 0 N–H and O–H groups in total. The summed E-state index contributed by atoms with van der Waals surface area (Å²) in [5.41, 5.74) is 0.237. The number of carbonyl (C=O) groups is 1. The van der Waals surface area contributed by atoms with Gasteiger partial charge in [-0.1, -0.05) is 13.0 Å². The van der Waals surface area contributed by atoms with E-state index in [-0.39, 0.29) is 23.7 Å². The van der Waals surface area contributed by atoms with Crippen molar-refractivity contribution in [3.63, 3.8) is 0 Å². The molecule has 0 amide bonds. The Morgan fingerprint density at radius 2 is 2.12 bits per heavy atom. The number of rotatable bonds is 6. The molecule has 0 aliphatic carbocycles. The molecule has 0 fully saturated rings. The SMILES string of the molecule is COCC(C)CC(=O)Cc1ccc(F)cc1F. The van der Waals surface area contributed by atoms with Crippen LogP contribution in [0.25, 0.3) is 0 Å². The Bertz CT molecular complexity index is 391. The van der Waals surface area contributed by atoms with Gasteiger partial charge in [0.1, 0.15) is 17.4 Å². The monoisotopic (exact) mass is 242 g/mol. The Morgan fingerprint density at radius 1 is 1.41 bits per heavy atom. The average Bonchev–Trinajstić information content (AvgIpc) is 2.22. The number of carbonyl (C=O) groups excluding carboxylic acids is 1. The summed E-state index contributed by atoms with van der Waals surface area (Å²) in [4.78, 5) is 11.6. The molecule has 0 heterocycles. The lowest BCUT2D eigenvalue weighted by atomic mass is 10.00. The van der Waals surface area contributed by atoms with Crippen LogP contribution in [0, 0.1) is 17.6 Å². The van der Waals surface area contributed by atoms with Crippen molar-refractivity contribution in [2.45, 2.75) is 19.8 Å². The van der Waals surface area contributed by atoms with E-state index in [1.807, 2.05) is 6.92 Å². The van der Waals surface area contributed by atoms with Crippen LogP contribution in [0.2, 0.25) is 0 Å². The van der Waals surface area contributed by atoms with E-state index in [2.05, 4.69) is 0 Å². The van der Waals surface area contributed by atoms with Crippen molar-refractivity contribution < 1.29 is 18.3 Å². The van der Waals surface area contributed by atoms with Gasteiger partial charge >= 0.3 is 0 Å². The molecular formula is C13H16F2O2. The Morgan fingerprint density at radius 3 is 2.71 bits per heavy atom. The number of halogens is 2. The number of ketones is 1. The number of ether oxygens (including phenoxy) is 1. The van der Waals surface area contributed by atoms with E-state index >= 15 is 0 Å². The standard InChI is InChI=1S/C13H16F2O2/c1-9(8-17-2)5-12(16)6-10-3-4-11(14)7-13(10)15/h3-4,7,9H,5-6,8H2,1-2H3. The minimum absolute atomic E-state index is 0.000166. The van der Waals surface area contributed by atoms with Gasteiger partial charge in [0.2, 0.25) is 0 Å². The molecule has 0 radical (unpaired) electrons. The molecule has 0 saturated carbocycles. The van der Waals surface area contributed by atoms with Crippen molar-refractivity contribution in [1.29, 1.82) is 0 Å². The molecule has 1 rings (SSSR count). The third-order valence-corrected chi connectivity index (χ3v) is 2.43. The minimum atomic E-state index is -0.669. The van der Waals surface area contributed by atoms with Gasteiger partial charge in [-0.3, -0.25) is 4.79 Å². The van der Waals surface area contributed by atoms with Gasteiger partial charge in [-0.25, -0.2) is 8.78 Å². The molecular weight excluding hydrogens is 226 g/mol. The molecule has 1 atom stereocenters. The van der Waals surface area contributed by atoms with Crippen LogP contribution in [0.3, 0.4) is 0 Å². The summed E-state index contributed by atoms with van der Waals surface area (Å²) in [6.07, 6.45) is 0.338. The van der Waals surface area contributed by atoms with Gasteiger partial charge in [-0.05, 0) is 17.5 Å². The van der Waals surface area contributed by atoms with E-state index in [1.165, 1.54) is 6.07 Å². The smallest absolute Gasteiger partial charge is 0.137 e. The van der Waals surface area contributed by atoms with Gasteiger partial charge in [0.15, 0.2) is 0 Å². The lowest BCUT2D eigenvalue weighted by Gasteiger charge is -2.09. The van der Waals surface area contributed by atoms with Crippen LogP contribution >= 0.6 is 0 Å². The number of methoxy groups -OCH3 is 1. The maximum Gasteiger partial charge on any atom is 0.137 e.